The van der Waals surface area contributed by atoms with Crippen molar-refractivity contribution in [1.29, 1.82) is 0 Å². The summed E-state index contributed by atoms with van der Waals surface area (Å²) in [6.07, 6.45) is 1.01. The first-order chi connectivity index (χ1) is 12.0. The van der Waals surface area contributed by atoms with Gasteiger partial charge in [-0.1, -0.05) is 81.4 Å². The molecule has 0 aliphatic carbocycles. The van der Waals surface area contributed by atoms with E-state index in [2.05, 4.69) is 69.3 Å². The van der Waals surface area contributed by atoms with Crippen LogP contribution in [0.25, 0.3) is 0 Å². The number of carbonyl (C=O) groups is 1. The third-order valence-corrected chi connectivity index (χ3v) is 9.60. The molecular weight excluding hydrogens is 328 g/mol. The van der Waals surface area contributed by atoms with E-state index in [0.717, 1.165) is 6.29 Å². The maximum Gasteiger partial charge on any atom is 0.261 e. The predicted molar refractivity (Wildman–Crippen MR) is 105 cm³/mol. The minimum atomic E-state index is -2.55. The molecule has 0 saturated carbocycles. The summed E-state index contributed by atoms with van der Waals surface area (Å²) in [5.74, 6) is 0. The molecule has 4 heteroatoms. The molecular formula is C21H28O3Si. The Morgan fingerprint density at radius 1 is 0.960 bits per heavy atom. The topological polar surface area (TPSA) is 35.5 Å². The van der Waals surface area contributed by atoms with E-state index in [0.29, 0.717) is 13.0 Å². The van der Waals surface area contributed by atoms with Gasteiger partial charge >= 0.3 is 0 Å². The van der Waals surface area contributed by atoms with Gasteiger partial charge in [0, 0.05) is 13.5 Å². The lowest BCUT2D eigenvalue weighted by molar-refractivity contribution is -0.110. The zero-order valence-electron chi connectivity index (χ0n) is 15.6. The van der Waals surface area contributed by atoms with Gasteiger partial charge in [-0.3, -0.25) is 0 Å². The average molecular weight is 357 g/mol. The Labute approximate surface area is 152 Å². The number of rotatable bonds is 8. The number of methoxy groups -OCH3 is 1. The molecule has 0 radical (unpaired) electrons. The predicted octanol–water partition coefficient (Wildman–Crippen LogP) is 3.17. The van der Waals surface area contributed by atoms with Crippen molar-refractivity contribution in [3.63, 3.8) is 0 Å². The number of benzene rings is 2. The molecule has 0 bridgehead atoms. The lowest BCUT2D eigenvalue weighted by Crippen LogP contribution is -2.67. The van der Waals surface area contributed by atoms with Gasteiger partial charge in [-0.15, -0.1) is 0 Å². The van der Waals surface area contributed by atoms with Gasteiger partial charge in [-0.2, -0.15) is 0 Å². The van der Waals surface area contributed by atoms with Gasteiger partial charge in [-0.05, 0) is 15.4 Å². The SMILES string of the molecule is CO[C@@H](CC=O)CO[Si](c1ccccc1)(c1ccccc1)C(C)(C)C. The van der Waals surface area contributed by atoms with Crippen molar-refractivity contribution in [3.8, 4) is 0 Å². The maximum absolute atomic E-state index is 10.9. The highest BCUT2D eigenvalue weighted by Crippen LogP contribution is 2.36. The van der Waals surface area contributed by atoms with Gasteiger partial charge in [0.1, 0.15) is 6.29 Å². The molecule has 2 aromatic rings. The number of aldehydes is 1. The standard InChI is InChI=1S/C21H28O3Si/c1-21(2,3)25(19-11-7-5-8-12-19,20-13-9-6-10-14-20)24-17-18(23-4)15-16-22/h5-14,16,18H,15,17H2,1-4H3/t18-/m0/s1. The molecule has 0 N–H and O–H groups in total. The Morgan fingerprint density at radius 2 is 1.44 bits per heavy atom. The Morgan fingerprint density at radius 3 is 1.80 bits per heavy atom. The molecule has 0 fully saturated rings. The Bertz CT molecular complexity index is 610. The Hall–Kier alpha value is -1.75. The van der Waals surface area contributed by atoms with Crippen molar-refractivity contribution in [3.05, 3.63) is 60.7 Å². The van der Waals surface area contributed by atoms with Crippen molar-refractivity contribution < 1.29 is 14.0 Å². The van der Waals surface area contributed by atoms with Crippen LogP contribution in [0, 0.1) is 0 Å². The fourth-order valence-corrected chi connectivity index (χ4v) is 7.91. The second-order valence-corrected chi connectivity index (χ2v) is 11.5. The molecule has 2 rings (SSSR count). The van der Waals surface area contributed by atoms with E-state index in [9.17, 15) is 4.79 Å². The van der Waals surface area contributed by atoms with Gasteiger partial charge in [0.25, 0.3) is 8.32 Å². The number of ether oxygens (including phenoxy) is 1. The summed E-state index contributed by atoms with van der Waals surface area (Å²) in [7, 11) is -0.925. The van der Waals surface area contributed by atoms with Crippen molar-refractivity contribution in [1.82, 2.24) is 0 Å². The first-order valence-electron chi connectivity index (χ1n) is 8.67. The lowest BCUT2D eigenvalue weighted by Gasteiger charge is -2.43. The quantitative estimate of drug-likeness (QED) is 0.538. The second-order valence-electron chi connectivity index (χ2n) is 7.23. The van der Waals surface area contributed by atoms with Crippen molar-refractivity contribution in [2.75, 3.05) is 13.7 Å². The normalized spacial score (nSPS) is 13.4. The number of hydrogen-bond acceptors (Lipinski definition) is 3. The minimum absolute atomic E-state index is 0.0742. The van der Waals surface area contributed by atoms with Crippen LogP contribution in [0.1, 0.15) is 27.2 Å². The first-order valence-corrected chi connectivity index (χ1v) is 10.6. The van der Waals surface area contributed by atoms with Crippen LogP contribution in [0.2, 0.25) is 5.04 Å². The fourth-order valence-electron chi connectivity index (χ4n) is 3.32. The largest absolute Gasteiger partial charge is 0.405 e. The van der Waals surface area contributed by atoms with Gasteiger partial charge in [-0.25, -0.2) is 0 Å². The molecule has 25 heavy (non-hydrogen) atoms. The van der Waals surface area contributed by atoms with E-state index in [4.69, 9.17) is 9.16 Å². The second kappa shape index (κ2) is 8.56. The van der Waals surface area contributed by atoms with Crippen molar-refractivity contribution in [2.24, 2.45) is 0 Å². The maximum atomic E-state index is 10.9. The van der Waals surface area contributed by atoms with E-state index in [1.165, 1.54) is 10.4 Å². The third kappa shape index (κ3) is 4.26. The summed E-state index contributed by atoms with van der Waals surface area (Å²) in [5.41, 5.74) is 0. The van der Waals surface area contributed by atoms with E-state index in [-0.39, 0.29) is 11.1 Å². The monoisotopic (exact) mass is 356 g/mol. The van der Waals surface area contributed by atoms with Gasteiger partial charge in [0.05, 0.1) is 12.7 Å². The third-order valence-electron chi connectivity index (χ3n) is 4.59. The molecule has 2 aromatic carbocycles. The Kier molecular flexibility index (Phi) is 6.70. The van der Waals surface area contributed by atoms with Crippen molar-refractivity contribution >= 4 is 25.0 Å². The number of hydrogen-bond donors (Lipinski definition) is 0. The van der Waals surface area contributed by atoms with Crippen LogP contribution >= 0.6 is 0 Å². The molecule has 0 heterocycles. The van der Waals surface area contributed by atoms with Crippen LogP contribution < -0.4 is 10.4 Å². The molecule has 0 aliphatic rings. The first kappa shape index (κ1) is 19.6. The molecule has 0 aliphatic heterocycles. The van der Waals surface area contributed by atoms with E-state index in [1.54, 1.807) is 7.11 Å². The van der Waals surface area contributed by atoms with Crippen molar-refractivity contribution in [2.45, 2.75) is 38.3 Å². The van der Waals surface area contributed by atoms with Crippen LogP contribution in [0.3, 0.4) is 0 Å². The average Bonchev–Trinajstić information content (AvgIpc) is 2.62. The van der Waals surface area contributed by atoms with Gasteiger partial charge < -0.3 is 14.0 Å². The van der Waals surface area contributed by atoms with Crippen LogP contribution in [0.15, 0.2) is 60.7 Å². The summed E-state index contributed by atoms with van der Waals surface area (Å²) < 4.78 is 12.2. The highest BCUT2D eigenvalue weighted by Gasteiger charge is 2.50. The summed E-state index contributed by atoms with van der Waals surface area (Å²) in [5, 5.41) is 2.39. The molecule has 0 amide bonds. The van der Waals surface area contributed by atoms with Crippen LogP contribution in [0.4, 0.5) is 0 Å². The highest BCUT2D eigenvalue weighted by molar-refractivity contribution is 6.99. The Balaban J connectivity index is 2.54. The molecule has 0 aromatic heterocycles. The lowest BCUT2D eigenvalue weighted by atomic mass is 10.2. The smallest absolute Gasteiger partial charge is 0.261 e. The van der Waals surface area contributed by atoms with Crippen LogP contribution in [-0.2, 0) is 14.0 Å². The zero-order chi connectivity index (χ0) is 18.3. The van der Waals surface area contributed by atoms with Crippen LogP contribution in [-0.4, -0.2) is 34.4 Å². The van der Waals surface area contributed by atoms with Gasteiger partial charge in [0.15, 0.2) is 0 Å². The summed E-state index contributed by atoms with van der Waals surface area (Å²) in [6.45, 7) is 7.12. The fraction of sp³-hybridized carbons (Fsp3) is 0.381. The molecule has 0 unspecified atom stereocenters. The molecule has 0 saturated heterocycles. The van der Waals surface area contributed by atoms with Crippen LogP contribution in [0.5, 0.6) is 0 Å². The van der Waals surface area contributed by atoms with E-state index < -0.39 is 8.32 Å². The highest BCUT2D eigenvalue weighted by atomic mass is 28.4. The molecule has 134 valence electrons. The van der Waals surface area contributed by atoms with E-state index >= 15 is 0 Å². The summed E-state index contributed by atoms with van der Waals surface area (Å²) in [4.78, 5) is 10.9. The number of carbonyl (C=O) groups excluding carboxylic acids is 1. The molecule has 3 nitrogen and oxygen atoms in total. The zero-order valence-corrected chi connectivity index (χ0v) is 16.6. The summed E-state index contributed by atoms with van der Waals surface area (Å²) in [6, 6.07) is 20.9. The van der Waals surface area contributed by atoms with E-state index in [1.807, 2.05) is 12.1 Å². The minimum Gasteiger partial charge on any atom is -0.405 e. The molecule has 0 spiro atoms. The van der Waals surface area contributed by atoms with Gasteiger partial charge in [0.2, 0.25) is 0 Å². The molecule has 1 atom stereocenters. The summed E-state index contributed by atoms with van der Waals surface area (Å²) >= 11 is 0.